The van der Waals surface area contributed by atoms with Crippen molar-refractivity contribution in [3.63, 3.8) is 0 Å². The second-order valence-electron chi connectivity index (χ2n) is 5.08. The molecule has 0 heterocycles. The largest absolute Gasteiger partial charge is 0.353 e. The Morgan fingerprint density at radius 2 is 1.84 bits per heavy atom. The minimum Gasteiger partial charge on any atom is -0.353 e. The number of hydrogen-bond acceptors (Lipinski definition) is 3. The summed E-state index contributed by atoms with van der Waals surface area (Å²) in [6, 6.07) is 9.25. The van der Waals surface area contributed by atoms with E-state index in [9.17, 15) is 4.79 Å². The third kappa shape index (κ3) is 5.01. The van der Waals surface area contributed by atoms with Gasteiger partial charge in [0.1, 0.15) is 0 Å². The van der Waals surface area contributed by atoms with Crippen molar-refractivity contribution in [1.82, 2.24) is 5.32 Å². The summed E-state index contributed by atoms with van der Waals surface area (Å²) in [6.07, 6.45) is 2.21. The van der Waals surface area contributed by atoms with Gasteiger partial charge in [-0.2, -0.15) is 0 Å². The first-order chi connectivity index (χ1) is 9.00. The third-order valence-electron chi connectivity index (χ3n) is 3.66. The van der Waals surface area contributed by atoms with Crippen LogP contribution >= 0.6 is 0 Å². The van der Waals surface area contributed by atoms with Crippen molar-refractivity contribution in [3.05, 3.63) is 35.9 Å². The third-order valence-corrected chi connectivity index (χ3v) is 3.66. The Labute approximate surface area is 115 Å². The van der Waals surface area contributed by atoms with Crippen molar-refractivity contribution in [2.45, 2.75) is 44.7 Å². The van der Waals surface area contributed by atoms with E-state index in [1.54, 1.807) is 0 Å². The highest BCUT2D eigenvalue weighted by Gasteiger charge is 2.22. The fourth-order valence-corrected chi connectivity index (χ4v) is 1.85. The van der Waals surface area contributed by atoms with Crippen LogP contribution in [0.1, 0.15) is 32.3 Å². The van der Waals surface area contributed by atoms with E-state index in [0.717, 1.165) is 18.4 Å². The van der Waals surface area contributed by atoms with Crippen LogP contribution in [0.25, 0.3) is 0 Å². The van der Waals surface area contributed by atoms with Gasteiger partial charge in [-0.3, -0.25) is 4.79 Å². The molecule has 0 bridgehead atoms. The van der Waals surface area contributed by atoms with Gasteiger partial charge in [-0.05, 0) is 24.8 Å². The normalized spacial score (nSPS) is 13.1. The van der Waals surface area contributed by atoms with E-state index in [0.29, 0.717) is 13.0 Å². The van der Waals surface area contributed by atoms with Crippen molar-refractivity contribution >= 4 is 5.91 Å². The Kier molecular flexibility index (Phi) is 5.99. The fourth-order valence-electron chi connectivity index (χ4n) is 1.85. The lowest BCUT2D eigenvalue weighted by molar-refractivity contribution is -0.122. The van der Waals surface area contributed by atoms with Crippen LogP contribution in [-0.2, 0) is 11.2 Å². The lowest BCUT2D eigenvalue weighted by Gasteiger charge is -2.27. The molecule has 1 atom stereocenters. The number of nitrogens with two attached hydrogens (primary N) is 2. The van der Waals surface area contributed by atoms with E-state index in [1.165, 1.54) is 0 Å². The van der Waals surface area contributed by atoms with Crippen LogP contribution in [0.3, 0.4) is 0 Å². The highest BCUT2D eigenvalue weighted by molar-refractivity contribution is 5.81. The van der Waals surface area contributed by atoms with Gasteiger partial charge in [0.15, 0.2) is 0 Å². The number of carbonyl (C=O) groups excluding carboxylic acids is 1. The van der Waals surface area contributed by atoms with Crippen molar-refractivity contribution in [2.24, 2.45) is 11.5 Å². The standard InChI is InChI=1S/C15H25N3O/c1-3-15(17,4-2)11-18-14(19)13(16)10-12-8-6-5-7-9-12/h5-9,13H,3-4,10-11,16-17H2,1-2H3,(H,18,19)/t13-/m0/s1. The predicted octanol–water partition coefficient (Wildman–Crippen LogP) is 1.19. The molecule has 1 aromatic carbocycles. The van der Waals surface area contributed by atoms with Crippen LogP contribution in [0.4, 0.5) is 0 Å². The van der Waals surface area contributed by atoms with Gasteiger partial charge in [-0.15, -0.1) is 0 Å². The number of benzene rings is 1. The number of hydrogen-bond donors (Lipinski definition) is 3. The molecule has 1 amide bonds. The highest BCUT2D eigenvalue weighted by atomic mass is 16.2. The molecule has 19 heavy (non-hydrogen) atoms. The maximum absolute atomic E-state index is 11.9. The Balaban J connectivity index is 2.45. The topological polar surface area (TPSA) is 81.1 Å². The number of amides is 1. The Morgan fingerprint density at radius 1 is 1.26 bits per heavy atom. The summed E-state index contributed by atoms with van der Waals surface area (Å²) >= 11 is 0. The summed E-state index contributed by atoms with van der Waals surface area (Å²) in [5, 5.41) is 2.86. The van der Waals surface area contributed by atoms with Crippen LogP contribution in [0.15, 0.2) is 30.3 Å². The van der Waals surface area contributed by atoms with Crippen LogP contribution in [-0.4, -0.2) is 24.0 Å². The molecule has 0 aliphatic heterocycles. The molecule has 0 spiro atoms. The molecule has 4 heteroatoms. The molecule has 0 aliphatic carbocycles. The zero-order chi connectivity index (χ0) is 14.3. The lowest BCUT2D eigenvalue weighted by Crippen LogP contribution is -2.52. The van der Waals surface area contributed by atoms with Crippen molar-refractivity contribution in [1.29, 1.82) is 0 Å². The summed E-state index contributed by atoms with van der Waals surface area (Å²) < 4.78 is 0. The second kappa shape index (κ2) is 7.26. The predicted molar refractivity (Wildman–Crippen MR) is 78.6 cm³/mol. The minimum atomic E-state index is -0.527. The number of carbonyl (C=O) groups is 1. The van der Waals surface area contributed by atoms with Gasteiger partial charge < -0.3 is 16.8 Å². The quantitative estimate of drug-likeness (QED) is 0.691. The molecule has 1 rings (SSSR count). The molecule has 5 N–H and O–H groups in total. The second-order valence-corrected chi connectivity index (χ2v) is 5.08. The Morgan fingerprint density at radius 3 is 2.37 bits per heavy atom. The van der Waals surface area contributed by atoms with Crippen LogP contribution in [0.5, 0.6) is 0 Å². The van der Waals surface area contributed by atoms with Gasteiger partial charge in [0, 0.05) is 12.1 Å². The first-order valence-corrected chi connectivity index (χ1v) is 6.87. The van der Waals surface area contributed by atoms with Crippen molar-refractivity contribution < 1.29 is 4.79 Å². The maximum atomic E-state index is 11.9. The summed E-state index contributed by atoms with van der Waals surface area (Å²) in [5.74, 6) is -0.138. The first kappa shape index (κ1) is 15.7. The van der Waals surface area contributed by atoms with Crippen LogP contribution < -0.4 is 16.8 Å². The summed E-state index contributed by atoms with van der Waals surface area (Å²) in [5.41, 5.74) is 12.8. The molecule has 0 aromatic heterocycles. The van der Waals surface area contributed by atoms with Crippen molar-refractivity contribution in [3.8, 4) is 0 Å². The van der Waals surface area contributed by atoms with Crippen LogP contribution in [0.2, 0.25) is 0 Å². The van der Waals surface area contributed by atoms with E-state index >= 15 is 0 Å². The van der Waals surface area contributed by atoms with Gasteiger partial charge in [0.05, 0.1) is 6.04 Å². The molecule has 0 saturated heterocycles. The molecule has 0 radical (unpaired) electrons. The van der Waals surface area contributed by atoms with Crippen molar-refractivity contribution in [2.75, 3.05) is 6.54 Å². The SMILES string of the molecule is CCC(N)(CC)CNC(=O)[C@@H](N)Cc1ccccc1. The van der Waals surface area contributed by atoms with Gasteiger partial charge >= 0.3 is 0 Å². The van der Waals surface area contributed by atoms with Gasteiger partial charge in [0.25, 0.3) is 0 Å². The molecule has 106 valence electrons. The molecular weight excluding hydrogens is 238 g/mol. The maximum Gasteiger partial charge on any atom is 0.237 e. The zero-order valence-corrected chi connectivity index (χ0v) is 11.9. The lowest BCUT2D eigenvalue weighted by atomic mass is 9.94. The zero-order valence-electron chi connectivity index (χ0n) is 11.9. The van der Waals surface area contributed by atoms with E-state index in [-0.39, 0.29) is 11.4 Å². The Hall–Kier alpha value is -1.39. The van der Waals surface area contributed by atoms with Gasteiger partial charge in [0.2, 0.25) is 5.91 Å². The van der Waals surface area contributed by atoms with E-state index in [2.05, 4.69) is 5.32 Å². The summed E-state index contributed by atoms with van der Waals surface area (Å²) in [4.78, 5) is 11.9. The molecule has 0 unspecified atom stereocenters. The molecular formula is C15H25N3O. The average molecular weight is 263 g/mol. The molecule has 4 nitrogen and oxygen atoms in total. The monoisotopic (exact) mass is 263 g/mol. The average Bonchev–Trinajstić information content (AvgIpc) is 2.45. The molecule has 0 saturated carbocycles. The molecule has 0 fully saturated rings. The summed E-state index contributed by atoms with van der Waals surface area (Å²) in [7, 11) is 0. The van der Waals surface area contributed by atoms with E-state index < -0.39 is 6.04 Å². The first-order valence-electron chi connectivity index (χ1n) is 6.87. The number of rotatable bonds is 7. The smallest absolute Gasteiger partial charge is 0.237 e. The molecule has 1 aromatic rings. The van der Waals surface area contributed by atoms with Gasteiger partial charge in [-0.1, -0.05) is 44.2 Å². The Bertz CT molecular complexity index is 388. The van der Waals surface area contributed by atoms with E-state index in [4.69, 9.17) is 11.5 Å². The number of nitrogens with one attached hydrogen (secondary N) is 1. The minimum absolute atomic E-state index is 0.138. The fraction of sp³-hybridized carbons (Fsp3) is 0.533. The molecule has 0 aliphatic rings. The summed E-state index contributed by atoms with van der Waals surface area (Å²) in [6.45, 7) is 4.53. The highest BCUT2D eigenvalue weighted by Crippen LogP contribution is 2.09. The van der Waals surface area contributed by atoms with Gasteiger partial charge in [-0.25, -0.2) is 0 Å². The van der Waals surface area contributed by atoms with Crippen LogP contribution in [0, 0.1) is 0 Å². The van der Waals surface area contributed by atoms with E-state index in [1.807, 2.05) is 44.2 Å².